The first-order valence-electron chi connectivity index (χ1n) is 4.54. The summed E-state index contributed by atoms with van der Waals surface area (Å²) in [6.07, 6.45) is 0. The first kappa shape index (κ1) is 10.5. The SMILES string of the molecule is CN1CCN(C)C(c2nsc(Br)n2)C1. The van der Waals surface area contributed by atoms with E-state index in [1.807, 2.05) is 0 Å². The molecule has 1 aliphatic heterocycles. The Balaban J connectivity index is 2.15. The number of piperazine rings is 1. The number of nitrogens with zero attached hydrogens (tertiary/aromatic N) is 4. The average molecular weight is 277 g/mol. The molecule has 14 heavy (non-hydrogen) atoms. The van der Waals surface area contributed by atoms with E-state index in [1.165, 1.54) is 11.5 Å². The summed E-state index contributed by atoms with van der Waals surface area (Å²) in [6.45, 7) is 3.22. The molecule has 0 aliphatic carbocycles. The summed E-state index contributed by atoms with van der Waals surface area (Å²) in [7, 11) is 4.27. The minimum Gasteiger partial charge on any atom is -0.303 e. The third-order valence-electron chi connectivity index (χ3n) is 2.57. The highest BCUT2D eigenvalue weighted by atomic mass is 79.9. The van der Waals surface area contributed by atoms with E-state index >= 15 is 0 Å². The van der Waals surface area contributed by atoms with Gasteiger partial charge in [0.15, 0.2) is 9.74 Å². The molecule has 0 aromatic carbocycles. The van der Waals surface area contributed by atoms with Gasteiger partial charge >= 0.3 is 0 Å². The Hall–Kier alpha value is -0.0400. The van der Waals surface area contributed by atoms with Gasteiger partial charge in [-0.15, -0.1) is 0 Å². The standard InChI is InChI=1S/C8H13BrN4S/c1-12-3-4-13(2)6(5-12)7-10-8(9)14-11-7/h6H,3-5H2,1-2H3. The largest absolute Gasteiger partial charge is 0.303 e. The summed E-state index contributed by atoms with van der Waals surface area (Å²) in [5, 5.41) is 0. The van der Waals surface area contributed by atoms with Crippen molar-refractivity contribution < 1.29 is 0 Å². The second kappa shape index (κ2) is 4.22. The molecule has 2 heterocycles. The summed E-state index contributed by atoms with van der Waals surface area (Å²) >= 11 is 4.76. The second-order valence-electron chi connectivity index (χ2n) is 3.66. The van der Waals surface area contributed by atoms with E-state index in [9.17, 15) is 0 Å². The molecule has 1 saturated heterocycles. The Morgan fingerprint density at radius 1 is 1.43 bits per heavy atom. The Bertz CT molecular complexity index is 316. The van der Waals surface area contributed by atoms with Crippen LogP contribution in [0.4, 0.5) is 0 Å². The maximum absolute atomic E-state index is 4.37. The third kappa shape index (κ3) is 2.13. The zero-order valence-electron chi connectivity index (χ0n) is 8.27. The maximum Gasteiger partial charge on any atom is 0.179 e. The number of rotatable bonds is 1. The molecule has 2 rings (SSSR count). The third-order valence-corrected chi connectivity index (χ3v) is 3.70. The molecule has 1 aromatic rings. The van der Waals surface area contributed by atoms with Crippen molar-refractivity contribution in [1.29, 1.82) is 0 Å². The molecule has 1 aliphatic rings. The van der Waals surface area contributed by atoms with Gasteiger partial charge in [-0.25, -0.2) is 4.98 Å². The topological polar surface area (TPSA) is 32.3 Å². The van der Waals surface area contributed by atoms with E-state index in [4.69, 9.17) is 0 Å². The normalized spacial score (nSPS) is 25.5. The van der Waals surface area contributed by atoms with Crippen LogP contribution in [0, 0.1) is 0 Å². The quantitative estimate of drug-likeness (QED) is 0.772. The van der Waals surface area contributed by atoms with E-state index in [2.05, 4.69) is 49.2 Å². The van der Waals surface area contributed by atoms with Crippen LogP contribution in [0.5, 0.6) is 0 Å². The van der Waals surface area contributed by atoms with Crippen molar-refractivity contribution in [3.05, 3.63) is 9.74 Å². The van der Waals surface area contributed by atoms with Crippen molar-refractivity contribution >= 4 is 27.5 Å². The van der Waals surface area contributed by atoms with Crippen molar-refractivity contribution in [2.45, 2.75) is 6.04 Å². The van der Waals surface area contributed by atoms with Crippen molar-refractivity contribution in [3.63, 3.8) is 0 Å². The highest BCUT2D eigenvalue weighted by molar-refractivity contribution is 9.11. The predicted octanol–water partition coefficient (Wildman–Crippen LogP) is 1.22. The first-order chi connectivity index (χ1) is 6.66. The lowest BCUT2D eigenvalue weighted by atomic mass is 10.2. The van der Waals surface area contributed by atoms with Crippen LogP contribution in [0.1, 0.15) is 11.9 Å². The molecule has 4 nitrogen and oxygen atoms in total. The molecule has 0 radical (unpaired) electrons. The van der Waals surface area contributed by atoms with E-state index in [0.717, 1.165) is 29.4 Å². The Labute approximate surface area is 96.2 Å². The molecule has 1 atom stereocenters. The van der Waals surface area contributed by atoms with Crippen LogP contribution in [-0.2, 0) is 0 Å². The molecule has 1 unspecified atom stereocenters. The van der Waals surface area contributed by atoms with E-state index in [-0.39, 0.29) is 0 Å². The van der Waals surface area contributed by atoms with E-state index < -0.39 is 0 Å². The van der Waals surface area contributed by atoms with Gasteiger partial charge in [0, 0.05) is 19.6 Å². The average Bonchev–Trinajstić information content (AvgIpc) is 2.56. The molecule has 1 fully saturated rings. The molecular formula is C8H13BrN4S. The summed E-state index contributed by atoms with van der Waals surface area (Å²) in [5.74, 6) is 0.941. The minimum atomic E-state index is 0.344. The molecule has 78 valence electrons. The second-order valence-corrected chi connectivity index (χ2v) is 5.69. The summed E-state index contributed by atoms with van der Waals surface area (Å²) in [5.41, 5.74) is 0. The van der Waals surface area contributed by atoms with Crippen LogP contribution in [0.3, 0.4) is 0 Å². The minimum absolute atomic E-state index is 0.344. The van der Waals surface area contributed by atoms with Gasteiger partial charge in [0.1, 0.15) is 0 Å². The maximum atomic E-state index is 4.37. The zero-order chi connectivity index (χ0) is 10.1. The van der Waals surface area contributed by atoms with Crippen molar-refractivity contribution in [2.75, 3.05) is 33.7 Å². The Kier molecular flexibility index (Phi) is 3.16. The monoisotopic (exact) mass is 276 g/mol. The molecule has 0 spiro atoms. The van der Waals surface area contributed by atoms with Gasteiger partial charge in [-0.2, -0.15) is 4.37 Å². The number of aromatic nitrogens is 2. The fourth-order valence-corrected chi connectivity index (χ4v) is 2.50. The lowest BCUT2D eigenvalue weighted by Gasteiger charge is -2.35. The zero-order valence-corrected chi connectivity index (χ0v) is 10.7. The summed E-state index contributed by atoms with van der Waals surface area (Å²) in [4.78, 5) is 9.01. The van der Waals surface area contributed by atoms with Gasteiger partial charge in [-0.1, -0.05) is 0 Å². The Morgan fingerprint density at radius 3 is 2.86 bits per heavy atom. The van der Waals surface area contributed by atoms with Crippen LogP contribution >= 0.6 is 27.5 Å². The number of likely N-dealkylation sites (N-methyl/N-ethyl adjacent to an activating group) is 2. The van der Waals surface area contributed by atoms with E-state index in [1.54, 1.807) is 0 Å². The van der Waals surface area contributed by atoms with Gasteiger partial charge in [-0.3, -0.25) is 4.90 Å². The van der Waals surface area contributed by atoms with Gasteiger partial charge in [0.05, 0.1) is 6.04 Å². The van der Waals surface area contributed by atoms with Crippen LogP contribution in [0.25, 0.3) is 0 Å². The molecule has 0 bridgehead atoms. The fourth-order valence-electron chi connectivity index (χ4n) is 1.64. The first-order valence-corrected chi connectivity index (χ1v) is 6.11. The molecule has 0 saturated carbocycles. The number of hydrogen-bond acceptors (Lipinski definition) is 5. The Morgan fingerprint density at radius 2 is 2.21 bits per heavy atom. The van der Waals surface area contributed by atoms with Crippen molar-refractivity contribution in [1.82, 2.24) is 19.2 Å². The van der Waals surface area contributed by atoms with E-state index in [0.29, 0.717) is 6.04 Å². The van der Waals surface area contributed by atoms with Gasteiger partial charge < -0.3 is 4.90 Å². The number of hydrogen-bond donors (Lipinski definition) is 0. The lowest BCUT2D eigenvalue weighted by molar-refractivity contribution is 0.110. The molecular weight excluding hydrogens is 264 g/mol. The van der Waals surface area contributed by atoms with Crippen LogP contribution in [0.15, 0.2) is 3.92 Å². The van der Waals surface area contributed by atoms with Crippen molar-refractivity contribution in [2.24, 2.45) is 0 Å². The molecule has 6 heteroatoms. The molecule has 0 amide bonds. The predicted molar refractivity (Wildman–Crippen MR) is 60.5 cm³/mol. The lowest BCUT2D eigenvalue weighted by Crippen LogP contribution is -2.45. The highest BCUT2D eigenvalue weighted by Gasteiger charge is 2.26. The fraction of sp³-hybridized carbons (Fsp3) is 0.750. The smallest absolute Gasteiger partial charge is 0.179 e. The molecule has 0 N–H and O–H groups in total. The van der Waals surface area contributed by atoms with Gasteiger partial charge in [0.2, 0.25) is 0 Å². The van der Waals surface area contributed by atoms with Crippen LogP contribution in [-0.4, -0.2) is 52.9 Å². The van der Waals surface area contributed by atoms with Gasteiger partial charge in [-0.05, 0) is 41.6 Å². The summed E-state index contributed by atoms with van der Waals surface area (Å²) < 4.78 is 5.21. The summed E-state index contributed by atoms with van der Waals surface area (Å²) in [6, 6.07) is 0.344. The van der Waals surface area contributed by atoms with Crippen molar-refractivity contribution in [3.8, 4) is 0 Å². The number of halogens is 1. The van der Waals surface area contributed by atoms with Gasteiger partial charge in [0.25, 0.3) is 0 Å². The molecule has 1 aromatic heterocycles. The van der Waals surface area contributed by atoms with Crippen LogP contribution < -0.4 is 0 Å². The highest BCUT2D eigenvalue weighted by Crippen LogP contribution is 2.23. The van der Waals surface area contributed by atoms with Crippen LogP contribution in [0.2, 0.25) is 0 Å².